The monoisotopic (exact) mass is 386 g/mol. The van der Waals surface area contributed by atoms with Crippen molar-refractivity contribution in [3.8, 4) is 0 Å². The van der Waals surface area contributed by atoms with E-state index in [-0.39, 0.29) is 35.9 Å². The maximum absolute atomic E-state index is 12.4. The Labute approximate surface area is 162 Å². The fraction of sp³-hybridized carbons (Fsp3) is 0.500. The van der Waals surface area contributed by atoms with Gasteiger partial charge in [0.1, 0.15) is 0 Å². The van der Waals surface area contributed by atoms with Gasteiger partial charge in [-0.15, -0.1) is 0 Å². The molecule has 2 amide bonds. The van der Waals surface area contributed by atoms with E-state index < -0.39 is 0 Å². The summed E-state index contributed by atoms with van der Waals surface area (Å²) in [7, 11) is 0. The molecular weight excluding hydrogens is 360 g/mol. The number of aryl methyl sites for hydroxylation is 1. The number of aromatic nitrogens is 2. The molecular formula is C20H26N4O4. The number of H-pyrrole nitrogens is 1. The molecule has 0 aliphatic carbocycles. The first-order chi connectivity index (χ1) is 13.6. The summed E-state index contributed by atoms with van der Waals surface area (Å²) in [4.78, 5) is 50.3. The molecule has 28 heavy (non-hydrogen) atoms. The maximum Gasteiger partial charge on any atom is 0.273 e. The summed E-state index contributed by atoms with van der Waals surface area (Å²) in [6.45, 7) is 2.03. The first-order valence-corrected chi connectivity index (χ1v) is 9.82. The fourth-order valence-corrected chi connectivity index (χ4v) is 3.48. The fourth-order valence-electron chi connectivity index (χ4n) is 3.48. The number of amides is 2. The van der Waals surface area contributed by atoms with Crippen molar-refractivity contribution < 1.29 is 9.59 Å². The molecule has 3 rings (SSSR count). The van der Waals surface area contributed by atoms with Gasteiger partial charge in [0, 0.05) is 32.5 Å². The summed E-state index contributed by atoms with van der Waals surface area (Å²) in [5, 5.41) is 6.01. The topological polar surface area (TPSA) is 104 Å². The quantitative estimate of drug-likeness (QED) is 0.693. The van der Waals surface area contributed by atoms with Crippen LogP contribution in [0, 0.1) is 0 Å². The number of hydrogen-bond donors (Lipinski definition) is 2. The summed E-state index contributed by atoms with van der Waals surface area (Å²) in [5.41, 5.74) is -0.666. The second kappa shape index (κ2) is 9.34. The largest absolute Gasteiger partial charge is 0.356 e. The van der Waals surface area contributed by atoms with Gasteiger partial charge in [-0.1, -0.05) is 18.6 Å². The zero-order valence-electron chi connectivity index (χ0n) is 15.9. The summed E-state index contributed by atoms with van der Waals surface area (Å²) in [6.07, 6.45) is 4.50. The van der Waals surface area contributed by atoms with Gasteiger partial charge in [0.05, 0.1) is 17.3 Å². The van der Waals surface area contributed by atoms with Crippen LogP contribution in [0.2, 0.25) is 0 Å². The lowest BCUT2D eigenvalue weighted by Gasteiger charge is -2.20. The van der Waals surface area contributed by atoms with Crippen LogP contribution in [-0.2, 0) is 16.1 Å². The highest BCUT2D eigenvalue weighted by molar-refractivity contribution is 5.80. The number of carbonyl (C=O) groups excluding carboxylic acids is 2. The van der Waals surface area contributed by atoms with Gasteiger partial charge in [0.25, 0.3) is 11.1 Å². The van der Waals surface area contributed by atoms with Gasteiger partial charge < -0.3 is 10.2 Å². The molecule has 1 aromatic carbocycles. The van der Waals surface area contributed by atoms with Crippen LogP contribution in [0.5, 0.6) is 0 Å². The zero-order valence-corrected chi connectivity index (χ0v) is 15.9. The Hall–Kier alpha value is -2.90. The minimum Gasteiger partial charge on any atom is -0.356 e. The Kier molecular flexibility index (Phi) is 6.62. The van der Waals surface area contributed by atoms with E-state index in [1.54, 1.807) is 24.3 Å². The van der Waals surface area contributed by atoms with E-state index in [0.29, 0.717) is 36.7 Å². The molecule has 8 nitrogen and oxygen atoms in total. The van der Waals surface area contributed by atoms with Crippen molar-refractivity contribution in [2.45, 2.75) is 45.1 Å². The summed E-state index contributed by atoms with van der Waals surface area (Å²) >= 11 is 0. The minimum atomic E-state index is -0.349. The molecule has 2 aromatic rings. The second-order valence-corrected chi connectivity index (χ2v) is 7.09. The third-order valence-corrected chi connectivity index (χ3v) is 5.04. The molecule has 0 unspecified atom stereocenters. The van der Waals surface area contributed by atoms with Crippen molar-refractivity contribution in [1.29, 1.82) is 0 Å². The molecule has 8 heteroatoms. The molecule has 2 heterocycles. The average molecular weight is 386 g/mol. The molecule has 0 atom stereocenters. The Balaban J connectivity index is 1.46. The standard InChI is InChI=1S/C20H26N4O4/c25-17(21-11-6-13-23-12-5-1-2-9-18(23)26)10-14-24-20(28)16-8-4-3-7-15(16)19(27)22-24/h3-4,7-8H,1-2,5-6,9-14H2,(H,21,25)(H,22,27). The lowest BCUT2D eigenvalue weighted by molar-refractivity contribution is -0.130. The number of rotatable bonds is 7. The summed E-state index contributed by atoms with van der Waals surface area (Å²) < 4.78 is 1.18. The van der Waals surface area contributed by atoms with Gasteiger partial charge in [-0.25, -0.2) is 4.68 Å². The van der Waals surface area contributed by atoms with Gasteiger partial charge in [-0.2, -0.15) is 0 Å². The number of hydrogen-bond acceptors (Lipinski definition) is 4. The Bertz CT molecular complexity index is 963. The van der Waals surface area contributed by atoms with Crippen LogP contribution in [0.3, 0.4) is 0 Å². The lowest BCUT2D eigenvalue weighted by Crippen LogP contribution is -2.35. The van der Waals surface area contributed by atoms with Crippen molar-refractivity contribution >= 4 is 22.6 Å². The number of benzene rings is 1. The van der Waals surface area contributed by atoms with Crippen LogP contribution in [0.4, 0.5) is 0 Å². The number of nitrogens with one attached hydrogen (secondary N) is 2. The number of fused-ring (bicyclic) bond motifs is 1. The maximum atomic E-state index is 12.4. The summed E-state index contributed by atoms with van der Waals surface area (Å²) in [5.74, 6) is 0.00607. The van der Waals surface area contributed by atoms with E-state index in [9.17, 15) is 19.2 Å². The summed E-state index contributed by atoms with van der Waals surface area (Å²) in [6, 6.07) is 6.61. The number of likely N-dealkylation sites (tertiary alicyclic amines) is 1. The normalized spacial score (nSPS) is 14.9. The number of carbonyl (C=O) groups is 2. The predicted molar refractivity (Wildman–Crippen MR) is 106 cm³/mol. The molecule has 1 fully saturated rings. The van der Waals surface area contributed by atoms with Crippen LogP contribution >= 0.6 is 0 Å². The van der Waals surface area contributed by atoms with Crippen molar-refractivity contribution in [2.24, 2.45) is 0 Å². The van der Waals surface area contributed by atoms with Crippen LogP contribution in [0.15, 0.2) is 33.9 Å². The first kappa shape index (κ1) is 19.9. The molecule has 1 saturated heterocycles. The van der Waals surface area contributed by atoms with Crippen LogP contribution in [0.1, 0.15) is 38.5 Å². The van der Waals surface area contributed by atoms with Gasteiger partial charge in [-0.05, 0) is 31.4 Å². The van der Waals surface area contributed by atoms with Crippen LogP contribution in [0.25, 0.3) is 10.8 Å². The molecule has 0 saturated carbocycles. The predicted octanol–water partition coefficient (Wildman–Crippen LogP) is 0.989. The third-order valence-electron chi connectivity index (χ3n) is 5.04. The molecule has 1 aliphatic rings. The second-order valence-electron chi connectivity index (χ2n) is 7.09. The van der Waals surface area contributed by atoms with Gasteiger partial charge in [0.2, 0.25) is 11.8 Å². The van der Waals surface area contributed by atoms with Gasteiger partial charge in [0.15, 0.2) is 0 Å². The highest BCUT2D eigenvalue weighted by atomic mass is 16.2. The van der Waals surface area contributed by atoms with E-state index >= 15 is 0 Å². The van der Waals surface area contributed by atoms with Crippen molar-refractivity contribution in [3.05, 3.63) is 45.0 Å². The molecule has 1 aliphatic heterocycles. The Morgan fingerprint density at radius 3 is 2.64 bits per heavy atom. The molecule has 0 bridgehead atoms. The number of nitrogens with zero attached hydrogens (tertiary/aromatic N) is 2. The van der Waals surface area contributed by atoms with E-state index in [2.05, 4.69) is 10.4 Å². The molecule has 2 N–H and O–H groups in total. The zero-order chi connectivity index (χ0) is 19.9. The van der Waals surface area contributed by atoms with E-state index in [1.165, 1.54) is 4.68 Å². The van der Waals surface area contributed by atoms with Crippen molar-refractivity contribution in [2.75, 3.05) is 19.6 Å². The SMILES string of the molecule is O=C(CCn1[nH]c(=O)c2ccccc2c1=O)NCCCN1CCCCCC1=O. The van der Waals surface area contributed by atoms with Crippen molar-refractivity contribution in [3.63, 3.8) is 0 Å². The molecule has 0 spiro atoms. The highest BCUT2D eigenvalue weighted by Gasteiger charge is 2.15. The van der Waals surface area contributed by atoms with Crippen LogP contribution < -0.4 is 16.4 Å². The average Bonchev–Trinajstić information content (AvgIpc) is 2.91. The highest BCUT2D eigenvalue weighted by Crippen LogP contribution is 2.11. The molecule has 0 radical (unpaired) electrons. The lowest BCUT2D eigenvalue weighted by atomic mass is 10.2. The molecule has 150 valence electrons. The molecule has 1 aromatic heterocycles. The van der Waals surface area contributed by atoms with E-state index in [1.807, 2.05) is 4.90 Å². The van der Waals surface area contributed by atoms with Crippen LogP contribution in [-0.4, -0.2) is 46.1 Å². The van der Waals surface area contributed by atoms with E-state index in [4.69, 9.17) is 0 Å². The number of aromatic amines is 1. The smallest absolute Gasteiger partial charge is 0.273 e. The van der Waals surface area contributed by atoms with Crippen molar-refractivity contribution in [1.82, 2.24) is 20.0 Å². The minimum absolute atomic E-state index is 0.0941. The third kappa shape index (κ3) is 4.88. The first-order valence-electron chi connectivity index (χ1n) is 9.82. The Morgan fingerprint density at radius 2 is 1.82 bits per heavy atom. The van der Waals surface area contributed by atoms with E-state index in [0.717, 1.165) is 25.8 Å². The Morgan fingerprint density at radius 1 is 1.04 bits per heavy atom. The van der Waals surface area contributed by atoms with Gasteiger partial charge in [-0.3, -0.25) is 24.3 Å². The van der Waals surface area contributed by atoms with Gasteiger partial charge >= 0.3 is 0 Å².